The second-order valence-corrected chi connectivity index (χ2v) is 9.36. The summed E-state index contributed by atoms with van der Waals surface area (Å²) in [4.78, 5) is 10.4. The molecule has 142 valence electrons. The van der Waals surface area contributed by atoms with E-state index in [-0.39, 0.29) is 5.41 Å². The highest BCUT2D eigenvalue weighted by Crippen LogP contribution is 2.35. The van der Waals surface area contributed by atoms with Crippen molar-refractivity contribution in [1.29, 1.82) is 0 Å². The number of pyridine rings is 2. The third-order valence-corrected chi connectivity index (χ3v) is 6.20. The summed E-state index contributed by atoms with van der Waals surface area (Å²) in [6.45, 7) is 6.80. The van der Waals surface area contributed by atoms with E-state index in [1.54, 1.807) is 11.3 Å². The van der Waals surface area contributed by atoms with Gasteiger partial charge < -0.3 is 0 Å². The van der Waals surface area contributed by atoms with Gasteiger partial charge in [-0.25, -0.2) is 4.98 Å². The van der Waals surface area contributed by atoms with Crippen LogP contribution in [0.1, 0.15) is 26.3 Å². The van der Waals surface area contributed by atoms with Crippen molar-refractivity contribution in [3.8, 4) is 22.4 Å². The van der Waals surface area contributed by atoms with Crippen molar-refractivity contribution in [3.05, 3.63) is 84.0 Å². The Balaban J connectivity index is 1.66. The standard InChI is InChI=1S/C26H22N2S/c1-26(2,3)23-14-20(12-18-6-4-5-7-22(18)23)24-15-17(8-10-27-24)21-13-19-9-11-29-25(19)28-16-21/h4-16H,1-3H3. The fourth-order valence-electron chi connectivity index (χ4n) is 3.86. The van der Waals surface area contributed by atoms with Crippen LogP contribution in [0.15, 0.2) is 78.4 Å². The Morgan fingerprint density at radius 3 is 2.45 bits per heavy atom. The predicted molar refractivity (Wildman–Crippen MR) is 124 cm³/mol. The summed E-state index contributed by atoms with van der Waals surface area (Å²) >= 11 is 1.67. The van der Waals surface area contributed by atoms with E-state index in [1.807, 2.05) is 12.4 Å². The summed E-state index contributed by atoms with van der Waals surface area (Å²) in [5.41, 5.74) is 5.81. The number of benzene rings is 2. The minimum absolute atomic E-state index is 0.0567. The van der Waals surface area contributed by atoms with Gasteiger partial charge in [0.15, 0.2) is 0 Å². The second-order valence-electron chi connectivity index (χ2n) is 8.46. The Bertz CT molecular complexity index is 1340. The molecule has 0 N–H and O–H groups in total. The molecule has 3 heteroatoms. The normalized spacial score (nSPS) is 12.0. The Kier molecular flexibility index (Phi) is 4.21. The van der Waals surface area contributed by atoms with E-state index in [1.165, 1.54) is 21.7 Å². The van der Waals surface area contributed by atoms with E-state index in [9.17, 15) is 0 Å². The molecule has 0 radical (unpaired) electrons. The molecule has 0 atom stereocenters. The van der Waals surface area contributed by atoms with Crippen molar-refractivity contribution in [2.45, 2.75) is 26.2 Å². The minimum atomic E-state index is 0.0567. The fourth-order valence-corrected chi connectivity index (χ4v) is 4.58. The van der Waals surface area contributed by atoms with Crippen LogP contribution in [0.5, 0.6) is 0 Å². The van der Waals surface area contributed by atoms with Gasteiger partial charge >= 0.3 is 0 Å². The zero-order valence-corrected chi connectivity index (χ0v) is 17.6. The fraction of sp³-hybridized carbons (Fsp3) is 0.154. The predicted octanol–water partition coefficient (Wildman–Crippen LogP) is 7.48. The molecule has 0 amide bonds. The van der Waals surface area contributed by atoms with Gasteiger partial charge in [0.25, 0.3) is 0 Å². The molecule has 0 fully saturated rings. The Hall–Kier alpha value is -3.04. The first-order valence-corrected chi connectivity index (χ1v) is 10.7. The van der Waals surface area contributed by atoms with Gasteiger partial charge in [0.05, 0.1) is 5.69 Å². The zero-order chi connectivity index (χ0) is 20.0. The Labute approximate surface area is 174 Å². The van der Waals surface area contributed by atoms with Gasteiger partial charge in [0.2, 0.25) is 0 Å². The number of thiophene rings is 1. The summed E-state index contributed by atoms with van der Waals surface area (Å²) < 4.78 is 0. The molecular formula is C26H22N2S. The van der Waals surface area contributed by atoms with Gasteiger partial charge in [0.1, 0.15) is 4.83 Å². The van der Waals surface area contributed by atoms with Gasteiger partial charge in [0, 0.05) is 28.9 Å². The first-order chi connectivity index (χ1) is 14.0. The van der Waals surface area contributed by atoms with Gasteiger partial charge in [-0.3, -0.25) is 4.98 Å². The third kappa shape index (κ3) is 3.32. The summed E-state index contributed by atoms with van der Waals surface area (Å²) in [7, 11) is 0. The maximum Gasteiger partial charge on any atom is 0.123 e. The lowest BCUT2D eigenvalue weighted by Gasteiger charge is -2.22. The highest BCUT2D eigenvalue weighted by molar-refractivity contribution is 7.16. The molecule has 5 aromatic rings. The average Bonchev–Trinajstić information content (AvgIpc) is 3.20. The molecule has 0 bridgehead atoms. The lowest BCUT2D eigenvalue weighted by molar-refractivity contribution is 0.596. The van der Waals surface area contributed by atoms with E-state index in [2.05, 4.69) is 91.8 Å². The Morgan fingerprint density at radius 1 is 0.759 bits per heavy atom. The SMILES string of the molecule is CC(C)(C)c1cc(-c2cc(-c3cnc4sccc4c3)ccn2)cc2ccccc12. The lowest BCUT2D eigenvalue weighted by Crippen LogP contribution is -2.12. The number of hydrogen-bond donors (Lipinski definition) is 0. The van der Waals surface area contributed by atoms with Crippen LogP contribution >= 0.6 is 11.3 Å². The molecule has 0 saturated heterocycles. The second kappa shape index (κ2) is 6.78. The van der Waals surface area contributed by atoms with Gasteiger partial charge in [-0.2, -0.15) is 0 Å². The van der Waals surface area contributed by atoms with Crippen molar-refractivity contribution in [3.63, 3.8) is 0 Å². The van der Waals surface area contributed by atoms with Gasteiger partial charge in [-0.1, -0.05) is 45.0 Å². The molecule has 0 unspecified atom stereocenters. The van der Waals surface area contributed by atoms with E-state index >= 15 is 0 Å². The largest absolute Gasteiger partial charge is 0.256 e. The molecule has 0 aliphatic heterocycles. The van der Waals surface area contributed by atoms with Crippen LogP contribution in [-0.4, -0.2) is 9.97 Å². The molecule has 0 aliphatic rings. The summed E-state index contributed by atoms with van der Waals surface area (Å²) in [6.07, 6.45) is 3.85. The highest BCUT2D eigenvalue weighted by Gasteiger charge is 2.18. The topological polar surface area (TPSA) is 25.8 Å². The number of nitrogens with zero attached hydrogens (tertiary/aromatic N) is 2. The quantitative estimate of drug-likeness (QED) is 0.310. The number of hydrogen-bond acceptors (Lipinski definition) is 3. The van der Waals surface area contributed by atoms with E-state index < -0.39 is 0 Å². The maximum atomic E-state index is 4.70. The number of aromatic nitrogens is 2. The molecule has 5 rings (SSSR count). The number of fused-ring (bicyclic) bond motifs is 2. The van der Waals surface area contributed by atoms with Crippen LogP contribution in [0.2, 0.25) is 0 Å². The summed E-state index contributed by atoms with van der Waals surface area (Å²) in [5.74, 6) is 0. The minimum Gasteiger partial charge on any atom is -0.256 e. The first-order valence-electron chi connectivity index (χ1n) is 9.82. The van der Waals surface area contributed by atoms with Crippen LogP contribution in [0.3, 0.4) is 0 Å². The Morgan fingerprint density at radius 2 is 1.59 bits per heavy atom. The van der Waals surface area contributed by atoms with E-state index in [0.717, 1.165) is 27.2 Å². The first kappa shape index (κ1) is 18.0. The highest BCUT2D eigenvalue weighted by atomic mass is 32.1. The summed E-state index contributed by atoms with van der Waals surface area (Å²) in [5, 5.41) is 5.84. The average molecular weight is 395 g/mol. The van der Waals surface area contributed by atoms with Crippen LogP contribution in [-0.2, 0) is 5.41 Å². The van der Waals surface area contributed by atoms with Crippen molar-refractivity contribution in [2.75, 3.05) is 0 Å². The lowest BCUT2D eigenvalue weighted by atomic mass is 9.82. The van der Waals surface area contributed by atoms with Crippen molar-refractivity contribution in [1.82, 2.24) is 9.97 Å². The van der Waals surface area contributed by atoms with Gasteiger partial charge in [-0.05, 0) is 69.1 Å². The molecule has 3 heterocycles. The van der Waals surface area contributed by atoms with Crippen LogP contribution < -0.4 is 0 Å². The van der Waals surface area contributed by atoms with Crippen molar-refractivity contribution in [2.24, 2.45) is 0 Å². The zero-order valence-electron chi connectivity index (χ0n) is 16.8. The third-order valence-electron chi connectivity index (χ3n) is 5.36. The van der Waals surface area contributed by atoms with Crippen LogP contribution in [0.4, 0.5) is 0 Å². The van der Waals surface area contributed by atoms with Crippen molar-refractivity contribution >= 4 is 32.3 Å². The molecule has 0 spiro atoms. The molecule has 2 aromatic carbocycles. The summed E-state index contributed by atoms with van der Waals surface area (Å²) in [6, 6.07) is 21.7. The smallest absolute Gasteiger partial charge is 0.123 e. The molecule has 3 aromatic heterocycles. The monoisotopic (exact) mass is 394 g/mol. The van der Waals surface area contributed by atoms with Crippen molar-refractivity contribution < 1.29 is 0 Å². The molecule has 0 aliphatic carbocycles. The van der Waals surface area contributed by atoms with E-state index in [4.69, 9.17) is 4.98 Å². The molecule has 29 heavy (non-hydrogen) atoms. The van der Waals surface area contributed by atoms with Gasteiger partial charge in [-0.15, -0.1) is 11.3 Å². The van der Waals surface area contributed by atoms with Crippen LogP contribution in [0.25, 0.3) is 43.4 Å². The van der Waals surface area contributed by atoms with Crippen LogP contribution in [0, 0.1) is 0 Å². The molecule has 0 saturated carbocycles. The van der Waals surface area contributed by atoms with E-state index in [0.29, 0.717) is 0 Å². The molecular weight excluding hydrogens is 372 g/mol. The molecule has 2 nitrogen and oxygen atoms in total. The number of rotatable bonds is 2. The maximum absolute atomic E-state index is 4.70.